The van der Waals surface area contributed by atoms with Crippen LogP contribution in [0.25, 0.3) is 0 Å². The Balaban J connectivity index is 1.32. The molecule has 102 heavy (non-hydrogen) atoms. The van der Waals surface area contributed by atoms with Crippen LogP contribution in [0.15, 0.2) is 54.1 Å². The topological polar surface area (TPSA) is 270 Å². The molecule has 562 valence electrons. The predicted octanol–water partition coefficient (Wildman–Crippen LogP) is 5.78. The lowest BCUT2D eigenvalue weighted by atomic mass is 9.90. The zero-order valence-electron chi connectivity index (χ0n) is 61.8. The molecule has 3 aliphatic heterocycles. The Morgan fingerprint density at radius 2 is 1.29 bits per heavy atom. The summed E-state index contributed by atoms with van der Waals surface area (Å²) in [4.78, 5) is 192. The van der Waals surface area contributed by atoms with Crippen LogP contribution in [0.5, 0.6) is 0 Å². The van der Waals surface area contributed by atoms with Crippen molar-refractivity contribution < 1.29 is 70.7 Å². The number of benzene rings is 2. The van der Waals surface area contributed by atoms with Crippen molar-refractivity contribution >= 4 is 82.5 Å². The number of fused-ring (bicyclic) bond motifs is 3. The van der Waals surface area contributed by atoms with E-state index >= 15 is 28.8 Å². The summed E-state index contributed by atoms with van der Waals surface area (Å²) in [5.41, 5.74) is -0.117. The van der Waals surface area contributed by atoms with Crippen molar-refractivity contribution in [3.05, 3.63) is 81.4 Å². The Hall–Kier alpha value is -8.10. The van der Waals surface area contributed by atoms with Crippen molar-refractivity contribution in [3.63, 3.8) is 0 Å². The van der Waals surface area contributed by atoms with Crippen molar-refractivity contribution in [2.75, 3.05) is 82.6 Å². The van der Waals surface area contributed by atoms with Crippen LogP contribution in [0, 0.1) is 24.7 Å². The number of rotatable bonds is 11. The number of nitrogens with zero attached hydrogens (tertiary/aromatic N) is 9. The number of carbonyl (C=O) groups excluding carboxylic acids is 12. The molecule has 28 heteroatoms. The lowest BCUT2D eigenvalue weighted by Gasteiger charge is -2.42. The summed E-state index contributed by atoms with van der Waals surface area (Å²) >= 11 is 6.17. The molecule has 4 fully saturated rings. The molecule has 0 unspecified atom stereocenters. The first-order chi connectivity index (χ1) is 47.9. The van der Waals surface area contributed by atoms with E-state index in [1.54, 1.807) is 32.1 Å². The third-order valence-electron chi connectivity index (χ3n) is 21.4. The highest BCUT2D eigenvalue weighted by molar-refractivity contribution is 6.31. The average molecular weight is 1450 g/mol. The molecule has 2 bridgehead atoms. The normalized spacial score (nSPS) is 25.8. The maximum Gasteiger partial charge on any atom is 0.417 e. The van der Waals surface area contributed by atoms with E-state index in [1.807, 2.05) is 39.8 Å². The van der Waals surface area contributed by atoms with Crippen LogP contribution in [0.3, 0.4) is 0 Å². The minimum Gasteiger partial charge on any atom is -0.347 e. The number of amides is 12. The van der Waals surface area contributed by atoms with Gasteiger partial charge >= 0.3 is 6.18 Å². The Bertz CT molecular complexity index is 3470. The Kier molecular flexibility index (Phi) is 27.8. The van der Waals surface area contributed by atoms with Crippen molar-refractivity contribution in [2.45, 2.75) is 211 Å². The third kappa shape index (κ3) is 19.4. The van der Waals surface area contributed by atoms with Crippen LogP contribution in [0.2, 0.25) is 5.02 Å². The predicted molar refractivity (Wildman–Crippen MR) is 377 cm³/mol. The molecular weight excluding hydrogens is 1340 g/mol. The molecule has 0 aromatic heterocycles. The largest absolute Gasteiger partial charge is 0.417 e. The molecule has 3 N–H and O–H groups in total. The minimum absolute atomic E-state index is 0.0176. The summed E-state index contributed by atoms with van der Waals surface area (Å²) in [6.45, 7) is 9.63. The molecule has 1 spiro atoms. The molecule has 2 aromatic rings. The van der Waals surface area contributed by atoms with Gasteiger partial charge in [-0.05, 0) is 119 Å². The van der Waals surface area contributed by atoms with E-state index in [1.165, 1.54) is 96.7 Å². The fourth-order valence-corrected chi connectivity index (χ4v) is 15.3. The van der Waals surface area contributed by atoms with Crippen molar-refractivity contribution in [2.24, 2.45) is 17.8 Å². The molecule has 5 aliphatic rings. The van der Waals surface area contributed by atoms with Crippen LogP contribution in [0.4, 0.5) is 13.2 Å². The second-order valence-corrected chi connectivity index (χ2v) is 30.0. The Morgan fingerprint density at radius 1 is 0.667 bits per heavy atom. The van der Waals surface area contributed by atoms with Crippen molar-refractivity contribution in [3.8, 4) is 0 Å². The summed E-state index contributed by atoms with van der Waals surface area (Å²) in [6.07, 6.45) is 0.832. The van der Waals surface area contributed by atoms with Gasteiger partial charge in [0, 0.05) is 75.9 Å². The minimum atomic E-state index is -4.77. The van der Waals surface area contributed by atoms with Gasteiger partial charge in [-0.1, -0.05) is 119 Å². The first kappa shape index (κ1) is 81.2. The SMILES string of the molecule is CC[C@H](C)[C@@H]1NC(=O)[C@H](CC(C)C)N(C)C(=O)C[C@@H](C(=O)N(C)C)N(C)C(=O)[C@H](C2CCCC2)N(C)C(=O)C2(CCCC2)NC(=O)[C@@H]2CCCN2C(=O)[C@H](CCc2ccc(C(F)(F)F)c(Cl)c2)NC(=O)CN(C)C(=O)[C@H](Cc2ccc(C)cc2)N2CC=C(C)C[C@@H](C2=O)N(C)C(=O)CN(C)C1=O. The van der Waals surface area contributed by atoms with Crippen LogP contribution in [-0.2, 0) is 76.6 Å². The molecule has 7 rings (SSSR count). The zero-order valence-corrected chi connectivity index (χ0v) is 62.5. The van der Waals surface area contributed by atoms with Gasteiger partial charge in [0.2, 0.25) is 70.9 Å². The van der Waals surface area contributed by atoms with Gasteiger partial charge < -0.3 is 60.0 Å². The first-order valence-electron chi connectivity index (χ1n) is 35.8. The quantitative estimate of drug-likeness (QED) is 0.226. The van der Waals surface area contributed by atoms with E-state index in [-0.39, 0.29) is 75.9 Å². The van der Waals surface area contributed by atoms with E-state index in [9.17, 15) is 41.9 Å². The lowest BCUT2D eigenvalue weighted by molar-refractivity contribution is -0.156. The molecule has 24 nitrogen and oxygen atoms in total. The monoisotopic (exact) mass is 1450 g/mol. The van der Waals surface area contributed by atoms with E-state index in [0.717, 1.165) is 40.3 Å². The molecule has 3 heterocycles. The molecule has 2 aliphatic carbocycles. The van der Waals surface area contributed by atoms with Crippen molar-refractivity contribution in [1.29, 1.82) is 0 Å². The maximum absolute atomic E-state index is 15.6. The van der Waals surface area contributed by atoms with Gasteiger partial charge in [-0.3, -0.25) is 57.5 Å². The summed E-state index contributed by atoms with van der Waals surface area (Å²) < 4.78 is 41.8. The number of hydrogen-bond donors (Lipinski definition) is 3. The van der Waals surface area contributed by atoms with Crippen LogP contribution < -0.4 is 16.0 Å². The molecule has 9 atom stereocenters. The highest BCUT2D eigenvalue weighted by Crippen LogP contribution is 2.39. The fourth-order valence-electron chi connectivity index (χ4n) is 14.9. The van der Waals surface area contributed by atoms with E-state index in [4.69, 9.17) is 11.6 Å². The van der Waals surface area contributed by atoms with E-state index < -0.39 is 173 Å². The Morgan fingerprint density at radius 3 is 1.89 bits per heavy atom. The van der Waals surface area contributed by atoms with Gasteiger partial charge in [0.05, 0.1) is 30.1 Å². The first-order valence-corrected chi connectivity index (χ1v) is 36.1. The highest BCUT2D eigenvalue weighted by atomic mass is 35.5. The highest BCUT2D eigenvalue weighted by Gasteiger charge is 2.52. The van der Waals surface area contributed by atoms with Gasteiger partial charge in [-0.2, -0.15) is 13.2 Å². The standard InChI is InChI=1S/C74H106ClF3N12O12/c1-15-47(6)62-70(100)84(10)43-61(93)86(12)56-38-46(5)32-36-90(69(56)99)58(40-49-26-24-45(4)25-27-49)68(98)83(9)42-59(91)79-53(31-29-48-28-30-51(52(75)39-48)74(76,77)78)66(96)89-35-20-23-54(89)65(95)81-73(33-18-19-34-73)72(102)88(14)63(50-21-16-17-22-50)71(101)87(13)57(67(97)82(7)8)41-60(92)85(11)55(37-44(2)3)64(94)80-62/h24-28,30,32,39,44,47,50,53-58,62-63H,15-23,29,31,33-38,40-43H2,1-14H3,(H,79,91)(H,80,94)(H,81,95)/t47-,53-,54-,55-,56-,57-,58-,62-,63-/m0/s1. The smallest absolute Gasteiger partial charge is 0.347 e. The number of aryl methyl sites for hydroxylation is 2. The van der Waals surface area contributed by atoms with E-state index in [0.29, 0.717) is 49.7 Å². The number of hydrogen-bond acceptors (Lipinski definition) is 12. The molecular formula is C74H106ClF3N12O12. The second-order valence-electron chi connectivity index (χ2n) is 29.6. The Labute approximate surface area is 603 Å². The van der Waals surface area contributed by atoms with Gasteiger partial charge in [0.15, 0.2) is 0 Å². The number of carbonyl (C=O) groups is 12. The summed E-state index contributed by atoms with van der Waals surface area (Å²) in [7, 11) is 11.4. The van der Waals surface area contributed by atoms with Gasteiger partial charge in [-0.15, -0.1) is 0 Å². The summed E-state index contributed by atoms with van der Waals surface area (Å²) in [6, 6.07) is 0.161. The van der Waals surface area contributed by atoms with E-state index in [2.05, 4.69) is 16.0 Å². The molecule has 2 saturated carbocycles. The maximum atomic E-state index is 15.6. The van der Waals surface area contributed by atoms with Crippen LogP contribution in [0.1, 0.15) is 153 Å². The summed E-state index contributed by atoms with van der Waals surface area (Å²) in [5, 5.41) is 8.13. The van der Waals surface area contributed by atoms with Gasteiger partial charge in [0.25, 0.3) is 0 Å². The zero-order chi connectivity index (χ0) is 75.6. The van der Waals surface area contributed by atoms with Gasteiger partial charge in [-0.25, -0.2) is 0 Å². The van der Waals surface area contributed by atoms with Crippen LogP contribution in [-0.4, -0.2) is 251 Å². The van der Waals surface area contributed by atoms with Gasteiger partial charge in [0.1, 0.15) is 53.9 Å². The fraction of sp³-hybridized carbons (Fsp3) is 0.649. The number of halogens is 4. The number of alkyl halides is 3. The molecule has 12 amide bonds. The van der Waals surface area contributed by atoms with Crippen molar-refractivity contribution in [1.82, 2.24) is 60.0 Å². The summed E-state index contributed by atoms with van der Waals surface area (Å²) in [5.74, 6) is -9.24. The number of nitrogens with one attached hydrogen (secondary N) is 3. The lowest BCUT2D eigenvalue weighted by Crippen LogP contribution is -2.65. The third-order valence-corrected chi connectivity index (χ3v) is 21.8. The molecule has 0 radical (unpaired) electrons. The number of likely N-dealkylation sites (N-methyl/N-ethyl adjacent to an activating group) is 7. The van der Waals surface area contributed by atoms with Crippen LogP contribution >= 0.6 is 11.6 Å². The molecule has 2 saturated heterocycles. The second kappa shape index (κ2) is 34.9. The molecule has 2 aromatic carbocycles. The average Bonchev–Trinajstić information content (AvgIpc) is 1.35.